The lowest BCUT2D eigenvalue weighted by atomic mass is 10.2. The summed E-state index contributed by atoms with van der Waals surface area (Å²) >= 11 is 0. The van der Waals surface area contributed by atoms with Crippen molar-refractivity contribution in [3.8, 4) is 0 Å². The SMILES string of the molecule is Cn1ncc(N2CCN(C(=O)CN3CCOC3=O)CC2)cc1=O. The Morgan fingerprint density at radius 3 is 2.57 bits per heavy atom. The molecule has 2 amide bonds. The summed E-state index contributed by atoms with van der Waals surface area (Å²) in [6.45, 7) is 3.23. The van der Waals surface area contributed by atoms with E-state index in [2.05, 4.69) is 5.10 Å². The van der Waals surface area contributed by atoms with Crippen molar-refractivity contribution >= 4 is 17.7 Å². The highest BCUT2D eigenvalue weighted by Gasteiger charge is 2.28. The molecule has 0 spiro atoms. The molecule has 0 aromatic carbocycles. The number of anilines is 1. The smallest absolute Gasteiger partial charge is 0.410 e. The molecular formula is C14H19N5O4. The Hall–Kier alpha value is -2.58. The van der Waals surface area contributed by atoms with Crippen molar-refractivity contribution in [3.63, 3.8) is 0 Å². The van der Waals surface area contributed by atoms with Crippen LogP contribution in [0.4, 0.5) is 10.5 Å². The van der Waals surface area contributed by atoms with Gasteiger partial charge in [-0.2, -0.15) is 5.10 Å². The van der Waals surface area contributed by atoms with Gasteiger partial charge in [-0.15, -0.1) is 0 Å². The summed E-state index contributed by atoms with van der Waals surface area (Å²) in [5.41, 5.74) is 0.608. The highest BCUT2D eigenvalue weighted by molar-refractivity contribution is 5.83. The Balaban J connectivity index is 1.55. The fourth-order valence-electron chi connectivity index (χ4n) is 2.68. The normalized spacial score (nSPS) is 18.3. The molecule has 0 unspecified atom stereocenters. The molecule has 0 bridgehead atoms. The summed E-state index contributed by atoms with van der Waals surface area (Å²) in [4.78, 5) is 40.4. The largest absolute Gasteiger partial charge is 0.448 e. The number of hydrogen-bond donors (Lipinski definition) is 0. The number of piperazine rings is 1. The van der Waals surface area contributed by atoms with E-state index in [9.17, 15) is 14.4 Å². The maximum absolute atomic E-state index is 12.2. The van der Waals surface area contributed by atoms with Crippen LogP contribution < -0.4 is 10.5 Å². The second-order valence-corrected chi connectivity index (χ2v) is 5.58. The third-order valence-electron chi connectivity index (χ3n) is 4.12. The topological polar surface area (TPSA) is 88.0 Å². The number of aryl methyl sites for hydroxylation is 1. The van der Waals surface area contributed by atoms with Crippen LogP contribution in [0.25, 0.3) is 0 Å². The van der Waals surface area contributed by atoms with Crippen LogP contribution in [0.5, 0.6) is 0 Å². The number of amides is 2. The Morgan fingerprint density at radius 2 is 1.96 bits per heavy atom. The quantitative estimate of drug-likeness (QED) is 0.701. The van der Waals surface area contributed by atoms with E-state index >= 15 is 0 Å². The zero-order valence-corrected chi connectivity index (χ0v) is 13.0. The molecule has 0 aliphatic carbocycles. The van der Waals surface area contributed by atoms with Crippen molar-refractivity contribution in [2.24, 2.45) is 7.05 Å². The molecule has 124 valence electrons. The summed E-state index contributed by atoms with van der Waals surface area (Å²) in [7, 11) is 1.60. The van der Waals surface area contributed by atoms with Gasteiger partial charge in [0.1, 0.15) is 13.2 Å². The first-order valence-corrected chi connectivity index (χ1v) is 7.52. The Labute approximate surface area is 133 Å². The van der Waals surface area contributed by atoms with Crippen LogP contribution in [0.15, 0.2) is 17.1 Å². The average Bonchev–Trinajstić information content (AvgIpc) is 2.95. The number of carbonyl (C=O) groups excluding carboxylic acids is 2. The van der Waals surface area contributed by atoms with E-state index in [0.29, 0.717) is 39.3 Å². The van der Waals surface area contributed by atoms with Gasteiger partial charge in [0.15, 0.2) is 0 Å². The molecule has 23 heavy (non-hydrogen) atoms. The summed E-state index contributed by atoms with van der Waals surface area (Å²) in [6.07, 6.45) is 1.22. The minimum Gasteiger partial charge on any atom is -0.448 e. The van der Waals surface area contributed by atoms with Crippen molar-refractivity contribution in [3.05, 3.63) is 22.6 Å². The molecule has 1 aromatic rings. The summed E-state index contributed by atoms with van der Waals surface area (Å²) in [6, 6.07) is 1.55. The van der Waals surface area contributed by atoms with Gasteiger partial charge in [0.2, 0.25) is 5.91 Å². The van der Waals surface area contributed by atoms with Gasteiger partial charge in [-0.1, -0.05) is 0 Å². The van der Waals surface area contributed by atoms with Crippen molar-refractivity contribution in [1.82, 2.24) is 19.6 Å². The van der Waals surface area contributed by atoms with Gasteiger partial charge in [-0.25, -0.2) is 9.48 Å². The number of rotatable bonds is 3. The van der Waals surface area contributed by atoms with Gasteiger partial charge < -0.3 is 14.5 Å². The molecule has 0 saturated carbocycles. The third kappa shape index (κ3) is 3.27. The molecule has 9 heteroatoms. The fraction of sp³-hybridized carbons (Fsp3) is 0.571. The minimum absolute atomic E-state index is 0.0618. The van der Waals surface area contributed by atoms with Crippen molar-refractivity contribution in [2.75, 3.05) is 50.8 Å². The van der Waals surface area contributed by atoms with E-state index in [0.717, 1.165) is 5.69 Å². The standard InChI is InChI=1S/C14H19N5O4/c1-16-12(20)8-11(9-15-16)17-2-4-18(5-3-17)13(21)10-19-6-7-23-14(19)22/h8-9H,2-7,10H2,1H3. The van der Waals surface area contributed by atoms with Crippen LogP contribution in [0.1, 0.15) is 0 Å². The molecule has 2 aliphatic rings. The van der Waals surface area contributed by atoms with Gasteiger partial charge in [0.25, 0.3) is 5.56 Å². The zero-order valence-electron chi connectivity index (χ0n) is 13.0. The Kier molecular flexibility index (Phi) is 4.18. The lowest BCUT2D eigenvalue weighted by Gasteiger charge is -2.36. The van der Waals surface area contributed by atoms with Crippen LogP contribution in [0.3, 0.4) is 0 Å². The van der Waals surface area contributed by atoms with E-state index < -0.39 is 6.09 Å². The van der Waals surface area contributed by atoms with Gasteiger partial charge in [-0.3, -0.25) is 14.5 Å². The van der Waals surface area contributed by atoms with Gasteiger partial charge in [-0.05, 0) is 0 Å². The molecule has 2 fully saturated rings. The van der Waals surface area contributed by atoms with Crippen molar-refractivity contribution < 1.29 is 14.3 Å². The molecule has 3 rings (SSSR count). The van der Waals surface area contributed by atoms with Crippen molar-refractivity contribution in [2.45, 2.75) is 0 Å². The summed E-state index contributed by atoms with van der Waals surface area (Å²) in [5, 5.41) is 4.01. The first-order chi connectivity index (χ1) is 11.0. The maximum atomic E-state index is 12.2. The van der Waals surface area contributed by atoms with Crippen LogP contribution in [0.2, 0.25) is 0 Å². The number of hydrogen-bond acceptors (Lipinski definition) is 6. The number of cyclic esters (lactones) is 1. The third-order valence-corrected chi connectivity index (χ3v) is 4.12. The fourth-order valence-corrected chi connectivity index (χ4v) is 2.68. The van der Waals surface area contributed by atoms with E-state index in [4.69, 9.17) is 4.74 Å². The van der Waals surface area contributed by atoms with Gasteiger partial charge in [0.05, 0.1) is 18.4 Å². The lowest BCUT2D eigenvalue weighted by molar-refractivity contribution is -0.132. The number of ether oxygens (including phenoxy) is 1. The van der Waals surface area contributed by atoms with Crippen molar-refractivity contribution in [1.29, 1.82) is 0 Å². The van der Waals surface area contributed by atoms with E-state index in [1.165, 1.54) is 9.58 Å². The molecule has 3 heterocycles. The molecule has 0 N–H and O–H groups in total. The maximum Gasteiger partial charge on any atom is 0.410 e. The first kappa shape index (κ1) is 15.3. The zero-order chi connectivity index (χ0) is 16.4. The summed E-state index contributed by atoms with van der Waals surface area (Å²) in [5.74, 6) is -0.0781. The van der Waals surface area contributed by atoms with Gasteiger partial charge in [0, 0.05) is 39.3 Å². The average molecular weight is 321 g/mol. The first-order valence-electron chi connectivity index (χ1n) is 7.52. The number of aromatic nitrogens is 2. The van der Waals surface area contributed by atoms with E-state index in [1.54, 1.807) is 24.2 Å². The van der Waals surface area contributed by atoms with Gasteiger partial charge >= 0.3 is 6.09 Å². The van der Waals surface area contributed by atoms with Crippen LogP contribution in [0, 0.1) is 0 Å². The number of nitrogens with zero attached hydrogens (tertiary/aromatic N) is 5. The molecular weight excluding hydrogens is 302 g/mol. The predicted molar refractivity (Wildman–Crippen MR) is 81.2 cm³/mol. The molecule has 2 aliphatic heterocycles. The van der Waals surface area contributed by atoms with E-state index in [-0.39, 0.29) is 18.0 Å². The predicted octanol–water partition coefficient (Wildman–Crippen LogP) is -1.12. The van der Waals surface area contributed by atoms with Crippen LogP contribution in [-0.2, 0) is 16.6 Å². The lowest BCUT2D eigenvalue weighted by Crippen LogP contribution is -2.51. The second kappa shape index (κ2) is 6.27. The van der Waals surface area contributed by atoms with E-state index in [1.807, 2.05) is 4.90 Å². The molecule has 0 radical (unpaired) electrons. The number of carbonyl (C=O) groups is 2. The highest BCUT2D eigenvalue weighted by atomic mass is 16.6. The molecule has 2 saturated heterocycles. The summed E-state index contributed by atoms with van der Waals surface area (Å²) < 4.78 is 6.10. The second-order valence-electron chi connectivity index (χ2n) is 5.58. The Bertz CT molecular complexity index is 665. The minimum atomic E-state index is -0.428. The van der Waals surface area contributed by atoms with Crippen LogP contribution >= 0.6 is 0 Å². The molecule has 1 aromatic heterocycles. The molecule has 9 nitrogen and oxygen atoms in total. The Morgan fingerprint density at radius 1 is 1.22 bits per heavy atom. The molecule has 0 atom stereocenters. The monoisotopic (exact) mass is 321 g/mol. The van der Waals surface area contributed by atoms with Crippen LogP contribution in [-0.4, -0.2) is 77.5 Å². The highest BCUT2D eigenvalue weighted by Crippen LogP contribution is 2.13.